The lowest BCUT2D eigenvalue weighted by Crippen LogP contribution is -2.32. The molecule has 1 atom stereocenters. The van der Waals surface area contributed by atoms with Crippen molar-refractivity contribution >= 4 is 44.8 Å². The van der Waals surface area contributed by atoms with Crippen LogP contribution in [0, 0.1) is 25.6 Å². The second-order valence-electron chi connectivity index (χ2n) is 7.93. The summed E-state index contributed by atoms with van der Waals surface area (Å²) in [6.07, 6.45) is 0.0162. The van der Waals surface area contributed by atoms with Crippen molar-refractivity contribution in [3.8, 4) is 0 Å². The molecule has 8 nitrogen and oxygen atoms in total. The number of fused-ring (bicyclic) bond motifs is 1. The first kappa shape index (κ1) is 21.1. The Bertz CT molecular complexity index is 1210. The lowest BCUT2D eigenvalue weighted by molar-refractivity contribution is -0.122. The van der Waals surface area contributed by atoms with E-state index in [2.05, 4.69) is 5.32 Å². The number of hydrogen-bond acceptors (Lipinski definition) is 4. The molecule has 1 fully saturated rings. The van der Waals surface area contributed by atoms with Gasteiger partial charge in [0, 0.05) is 38.8 Å². The van der Waals surface area contributed by atoms with Crippen LogP contribution in [0.2, 0.25) is 0 Å². The minimum atomic E-state index is -3.76. The molecule has 0 saturated carbocycles. The van der Waals surface area contributed by atoms with Crippen LogP contribution in [0.25, 0.3) is 0 Å². The zero-order valence-electron chi connectivity index (χ0n) is 17.6. The molecule has 2 aromatic carbocycles. The third-order valence-corrected chi connectivity index (χ3v) is 7.77. The third kappa shape index (κ3) is 3.40. The van der Waals surface area contributed by atoms with Gasteiger partial charge in [0.25, 0.3) is 0 Å². The van der Waals surface area contributed by atoms with Crippen molar-refractivity contribution < 1.29 is 22.4 Å². The molecule has 1 N–H and O–H groups in total. The van der Waals surface area contributed by atoms with E-state index >= 15 is 0 Å². The van der Waals surface area contributed by atoms with Crippen LogP contribution in [-0.2, 0) is 19.8 Å². The van der Waals surface area contributed by atoms with E-state index in [9.17, 15) is 22.4 Å². The first-order valence-corrected chi connectivity index (χ1v) is 11.1. The van der Waals surface area contributed by atoms with Gasteiger partial charge >= 0.3 is 10.2 Å². The van der Waals surface area contributed by atoms with Crippen LogP contribution < -0.4 is 18.8 Å². The Balaban J connectivity index is 1.54. The molecule has 1 saturated heterocycles. The second-order valence-corrected chi connectivity index (χ2v) is 9.92. The highest BCUT2D eigenvalue weighted by Crippen LogP contribution is 2.41. The Morgan fingerprint density at radius 1 is 1.06 bits per heavy atom. The van der Waals surface area contributed by atoms with Gasteiger partial charge in [0.15, 0.2) is 0 Å². The van der Waals surface area contributed by atoms with E-state index in [0.29, 0.717) is 0 Å². The molecule has 0 bridgehead atoms. The monoisotopic (exact) mass is 446 g/mol. The van der Waals surface area contributed by atoms with Gasteiger partial charge in [-0.25, -0.2) is 4.39 Å². The van der Waals surface area contributed by atoms with Gasteiger partial charge < -0.3 is 10.2 Å². The molecule has 2 aliphatic rings. The maximum Gasteiger partial charge on any atom is 0.326 e. The summed E-state index contributed by atoms with van der Waals surface area (Å²) >= 11 is 0. The largest absolute Gasteiger partial charge is 0.326 e. The highest BCUT2D eigenvalue weighted by Gasteiger charge is 2.38. The van der Waals surface area contributed by atoms with E-state index in [1.165, 1.54) is 20.2 Å². The Labute approximate surface area is 180 Å². The Morgan fingerprint density at radius 3 is 2.35 bits per heavy atom. The molecular formula is C21H23FN4O4S. The molecule has 2 aliphatic heterocycles. The highest BCUT2D eigenvalue weighted by molar-refractivity contribution is 7.94. The van der Waals surface area contributed by atoms with Crippen LogP contribution >= 0.6 is 0 Å². The maximum atomic E-state index is 14.6. The van der Waals surface area contributed by atoms with Crippen molar-refractivity contribution in [2.24, 2.45) is 5.92 Å². The number of nitrogens with zero attached hydrogens (tertiary/aromatic N) is 3. The first-order chi connectivity index (χ1) is 14.5. The van der Waals surface area contributed by atoms with Crippen LogP contribution in [0.4, 0.5) is 27.1 Å². The van der Waals surface area contributed by atoms with E-state index < -0.39 is 27.9 Å². The van der Waals surface area contributed by atoms with Gasteiger partial charge in [-0.1, -0.05) is 6.07 Å². The van der Waals surface area contributed by atoms with Crippen molar-refractivity contribution in [1.82, 2.24) is 0 Å². The van der Waals surface area contributed by atoms with E-state index in [1.807, 2.05) is 32.0 Å². The lowest BCUT2D eigenvalue weighted by Gasteiger charge is -2.18. The topological polar surface area (TPSA) is 90.0 Å². The molecule has 2 aromatic rings. The molecule has 0 aliphatic carbocycles. The van der Waals surface area contributed by atoms with Crippen molar-refractivity contribution in [1.29, 1.82) is 0 Å². The van der Waals surface area contributed by atoms with E-state index in [-0.39, 0.29) is 35.9 Å². The Hall–Kier alpha value is -3.14. The number of anilines is 4. The number of carbonyl (C=O) groups is 2. The van der Waals surface area contributed by atoms with Crippen LogP contribution in [0.1, 0.15) is 17.5 Å². The molecule has 0 radical (unpaired) electrons. The molecule has 164 valence electrons. The predicted molar refractivity (Wildman–Crippen MR) is 117 cm³/mol. The standard InChI is InChI=1S/C21H23FN4O4S/c1-12-5-6-15(7-13(12)2)26-11-14(8-20(26)27)21(28)23-17-10-19-18(9-16(17)22)24(3)31(29,30)25(19)4/h5-7,9-10,14H,8,11H2,1-4H3,(H,23,28)/t14-/m0/s1. The normalized spacial score (nSPS) is 19.7. The summed E-state index contributed by atoms with van der Waals surface area (Å²) in [4.78, 5) is 26.8. The molecule has 2 amide bonds. The van der Waals surface area contributed by atoms with Gasteiger partial charge in [0.2, 0.25) is 11.8 Å². The zero-order valence-corrected chi connectivity index (χ0v) is 18.5. The van der Waals surface area contributed by atoms with Gasteiger partial charge in [0.1, 0.15) is 5.82 Å². The summed E-state index contributed by atoms with van der Waals surface area (Å²) < 4.78 is 41.1. The minimum absolute atomic E-state index is 0.0162. The van der Waals surface area contributed by atoms with E-state index in [0.717, 1.165) is 31.5 Å². The molecule has 4 rings (SSSR count). The van der Waals surface area contributed by atoms with Crippen LogP contribution in [0.15, 0.2) is 30.3 Å². The summed E-state index contributed by atoms with van der Waals surface area (Å²) in [6, 6.07) is 8.04. The second kappa shape index (κ2) is 7.23. The average molecular weight is 447 g/mol. The molecular weight excluding hydrogens is 423 g/mol. The van der Waals surface area contributed by atoms with Crippen molar-refractivity contribution in [2.45, 2.75) is 20.3 Å². The summed E-state index contributed by atoms with van der Waals surface area (Å²) in [5.74, 6) is -2.06. The third-order valence-electron chi connectivity index (χ3n) is 5.99. The van der Waals surface area contributed by atoms with Crippen molar-refractivity contribution in [3.63, 3.8) is 0 Å². The van der Waals surface area contributed by atoms with Crippen LogP contribution in [0.3, 0.4) is 0 Å². The van der Waals surface area contributed by atoms with Crippen LogP contribution in [0.5, 0.6) is 0 Å². The van der Waals surface area contributed by atoms with Gasteiger partial charge in [-0.05, 0) is 43.2 Å². The van der Waals surface area contributed by atoms with Crippen molar-refractivity contribution in [3.05, 3.63) is 47.3 Å². The molecule has 0 unspecified atom stereocenters. The van der Waals surface area contributed by atoms with Gasteiger partial charge in [0.05, 0.1) is 23.0 Å². The highest BCUT2D eigenvalue weighted by atomic mass is 32.2. The Morgan fingerprint density at radius 2 is 1.71 bits per heavy atom. The minimum Gasteiger partial charge on any atom is -0.323 e. The number of hydrogen-bond donors (Lipinski definition) is 1. The summed E-state index contributed by atoms with van der Waals surface area (Å²) in [7, 11) is -1.06. The van der Waals surface area contributed by atoms with Gasteiger partial charge in [-0.2, -0.15) is 8.42 Å². The fourth-order valence-corrected chi connectivity index (χ4v) is 5.00. The molecule has 0 aromatic heterocycles. The molecule has 10 heteroatoms. The molecule has 31 heavy (non-hydrogen) atoms. The van der Waals surface area contributed by atoms with E-state index in [1.54, 1.807) is 4.90 Å². The van der Waals surface area contributed by atoms with Gasteiger partial charge in [-0.15, -0.1) is 0 Å². The fourth-order valence-electron chi connectivity index (χ4n) is 3.84. The quantitative estimate of drug-likeness (QED) is 0.785. The van der Waals surface area contributed by atoms with Gasteiger partial charge in [-0.3, -0.25) is 18.2 Å². The number of amides is 2. The number of carbonyl (C=O) groups excluding carboxylic acids is 2. The first-order valence-electron chi connectivity index (χ1n) is 9.75. The molecule has 2 heterocycles. The number of halogens is 1. The SMILES string of the molecule is Cc1ccc(N2C[C@@H](C(=O)Nc3cc4c(cc3F)N(C)S(=O)(=O)N4C)CC2=O)cc1C. The number of benzene rings is 2. The maximum absolute atomic E-state index is 14.6. The average Bonchev–Trinajstić information content (AvgIpc) is 3.17. The zero-order chi connectivity index (χ0) is 22.7. The molecule has 0 spiro atoms. The number of aryl methyl sites for hydroxylation is 2. The lowest BCUT2D eigenvalue weighted by atomic mass is 10.1. The summed E-state index contributed by atoms with van der Waals surface area (Å²) in [5, 5.41) is 2.52. The van der Waals surface area contributed by atoms with Crippen molar-refractivity contribution in [2.75, 3.05) is 39.5 Å². The van der Waals surface area contributed by atoms with Crippen LogP contribution in [-0.4, -0.2) is 40.9 Å². The Kier molecular flexibility index (Phi) is 4.92. The predicted octanol–water partition coefficient (Wildman–Crippen LogP) is 2.56. The summed E-state index contributed by atoms with van der Waals surface area (Å²) in [5.41, 5.74) is 3.20. The smallest absolute Gasteiger partial charge is 0.323 e. The number of rotatable bonds is 3. The summed E-state index contributed by atoms with van der Waals surface area (Å²) in [6.45, 7) is 4.12. The fraction of sp³-hybridized carbons (Fsp3) is 0.333. The number of nitrogens with one attached hydrogen (secondary N) is 1. The van der Waals surface area contributed by atoms with E-state index in [4.69, 9.17) is 0 Å².